The molecule has 0 saturated carbocycles. The maximum absolute atomic E-state index is 11.5. The first-order valence-electron chi connectivity index (χ1n) is 4.39. The van der Waals surface area contributed by atoms with Crippen LogP contribution in [0.3, 0.4) is 0 Å². The van der Waals surface area contributed by atoms with Gasteiger partial charge in [0.1, 0.15) is 0 Å². The third-order valence-corrected chi connectivity index (χ3v) is 1.97. The Morgan fingerprint density at radius 3 is 2.54 bits per heavy atom. The van der Waals surface area contributed by atoms with Gasteiger partial charge in [-0.05, 0) is 32.4 Å². The molecule has 1 heteroatoms. The number of carbonyl (C=O) groups excluding carboxylic acids is 1. The summed E-state index contributed by atoms with van der Waals surface area (Å²) < 4.78 is 0. The predicted octanol–water partition coefficient (Wildman–Crippen LogP) is 3.06. The van der Waals surface area contributed by atoms with Crippen molar-refractivity contribution in [3.63, 3.8) is 0 Å². The Kier molecular flexibility index (Phi) is 3.02. The van der Waals surface area contributed by atoms with E-state index in [0.717, 1.165) is 11.1 Å². The first-order valence-corrected chi connectivity index (χ1v) is 4.39. The number of hydrogen-bond acceptors (Lipinski definition) is 1. The maximum atomic E-state index is 11.5. The van der Waals surface area contributed by atoms with Crippen molar-refractivity contribution >= 4 is 5.78 Å². The van der Waals surface area contributed by atoms with Crippen molar-refractivity contribution in [3.05, 3.63) is 47.0 Å². The van der Waals surface area contributed by atoms with Crippen molar-refractivity contribution in [2.45, 2.75) is 20.8 Å². The molecule has 0 bridgehead atoms. The average Bonchev–Trinajstić information content (AvgIpc) is 2.04. The van der Waals surface area contributed by atoms with Gasteiger partial charge < -0.3 is 0 Å². The van der Waals surface area contributed by atoms with Crippen molar-refractivity contribution in [3.8, 4) is 0 Å². The highest BCUT2D eigenvalue weighted by molar-refractivity contribution is 6.05. The Morgan fingerprint density at radius 2 is 2.00 bits per heavy atom. The fourth-order valence-corrected chi connectivity index (χ4v) is 1.33. The van der Waals surface area contributed by atoms with Crippen LogP contribution < -0.4 is 0 Å². The standard InChI is InChI=1S/C12H14O/c1-4-5-12(13)11-7-6-9(2)8-10(11)3/h4-8H,1-3H3/b5-4-. The summed E-state index contributed by atoms with van der Waals surface area (Å²) in [4.78, 5) is 11.5. The molecule has 1 rings (SSSR count). The highest BCUT2D eigenvalue weighted by atomic mass is 16.1. The molecule has 0 saturated heterocycles. The smallest absolute Gasteiger partial charge is 0.185 e. The predicted molar refractivity (Wildman–Crippen MR) is 55.1 cm³/mol. The minimum Gasteiger partial charge on any atom is -0.289 e. The van der Waals surface area contributed by atoms with Crippen LogP contribution in [-0.4, -0.2) is 5.78 Å². The zero-order chi connectivity index (χ0) is 9.84. The first kappa shape index (κ1) is 9.72. The van der Waals surface area contributed by atoms with E-state index in [-0.39, 0.29) is 5.78 Å². The Balaban J connectivity index is 3.09. The average molecular weight is 174 g/mol. The number of aryl methyl sites for hydroxylation is 2. The van der Waals surface area contributed by atoms with Crippen LogP contribution in [0, 0.1) is 13.8 Å². The molecular formula is C12H14O. The lowest BCUT2D eigenvalue weighted by Crippen LogP contribution is -1.97. The van der Waals surface area contributed by atoms with E-state index in [1.807, 2.05) is 39.0 Å². The zero-order valence-corrected chi connectivity index (χ0v) is 8.29. The molecule has 0 amide bonds. The van der Waals surface area contributed by atoms with Gasteiger partial charge in [-0.2, -0.15) is 0 Å². The third-order valence-electron chi connectivity index (χ3n) is 1.97. The van der Waals surface area contributed by atoms with Gasteiger partial charge in [0.15, 0.2) is 5.78 Å². The fourth-order valence-electron chi connectivity index (χ4n) is 1.33. The van der Waals surface area contributed by atoms with E-state index >= 15 is 0 Å². The van der Waals surface area contributed by atoms with Gasteiger partial charge in [0.05, 0.1) is 0 Å². The van der Waals surface area contributed by atoms with Gasteiger partial charge >= 0.3 is 0 Å². The molecule has 0 aliphatic carbocycles. The van der Waals surface area contributed by atoms with Gasteiger partial charge in [-0.15, -0.1) is 0 Å². The van der Waals surface area contributed by atoms with Crippen LogP contribution >= 0.6 is 0 Å². The summed E-state index contributed by atoms with van der Waals surface area (Å²) in [6.45, 7) is 5.84. The van der Waals surface area contributed by atoms with Crippen LogP contribution in [0.4, 0.5) is 0 Å². The second-order valence-corrected chi connectivity index (χ2v) is 3.18. The number of allylic oxidation sites excluding steroid dienone is 2. The van der Waals surface area contributed by atoms with Crippen LogP contribution in [0.15, 0.2) is 30.4 Å². The van der Waals surface area contributed by atoms with E-state index in [2.05, 4.69) is 0 Å². The van der Waals surface area contributed by atoms with Crippen LogP contribution in [0.2, 0.25) is 0 Å². The van der Waals surface area contributed by atoms with Crippen LogP contribution in [0.5, 0.6) is 0 Å². The summed E-state index contributed by atoms with van der Waals surface area (Å²) in [6.07, 6.45) is 3.36. The van der Waals surface area contributed by atoms with Gasteiger partial charge in [0.25, 0.3) is 0 Å². The Morgan fingerprint density at radius 1 is 1.31 bits per heavy atom. The van der Waals surface area contributed by atoms with Crippen molar-refractivity contribution < 1.29 is 4.79 Å². The van der Waals surface area contributed by atoms with E-state index in [9.17, 15) is 4.79 Å². The van der Waals surface area contributed by atoms with Gasteiger partial charge in [-0.1, -0.05) is 29.8 Å². The van der Waals surface area contributed by atoms with Crippen LogP contribution in [-0.2, 0) is 0 Å². The molecule has 0 radical (unpaired) electrons. The summed E-state index contributed by atoms with van der Waals surface area (Å²) in [7, 11) is 0. The van der Waals surface area contributed by atoms with Gasteiger partial charge in [-0.3, -0.25) is 4.79 Å². The summed E-state index contributed by atoms with van der Waals surface area (Å²) in [5.41, 5.74) is 3.03. The van der Waals surface area contributed by atoms with Gasteiger partial charge in [0, 0.05) is 5.56 Å². The SMILES string of the molecule is C/C=C\C(=O)c1ccc(C)cc1C. The maximum Gasteiger partial charge on any atom is 0.185 e. The lowest BCUT2D eigenvalue weighted by atomic mass is 10.0. The summed E-state index contributed by atoms with van der Waals surface area (Å²) in [6, 6.07) is 5.87. The molecule has 0 atom stereocenters. The van der Waals surface area contributed by atoms with Gasteiger partial charge in [-0.25, -0.2) is 0 Å². The molecule has 0 fully saturated rings. The quantitative estimate of drug-likeness (QED) is 0.497. The Hall–Kier alpha value is -1.37. The highest BCUT2D eigenvalue weighted by Crippen LogP contribution is 2.11. The number of carbonyl (C=O) groups is 1. The molecule has 0 aliphatic heterocycles. The van der Waals surface area contributed by atoms with E-state index in [0.29, 0.717) is 0 Å². The van der Waals surface area contributed by atoms with E-state index in [4.69, 9.17) is 0 Å². The number of ketones is 1. The first-order chi connectivity index (χ1) is 6.15. The van der Waals surface area contributed by atoms with E-state index < -0.39 is 0 Å². The molecule has 68 valence electrons. The summed E-state index contributed by atoms with van der Waals surface area (Å²) in [5.74, 6) is 0.0833. The molecule has 1 aromatic rings. The number of benzene rings is 1. The second-order valence-electron chi connectivity index (χ2n) is 3.18. The van der Waals surface area contributed by atoms with Crippen molar-refractivity contribution in [1.82, 2.24) is 0 Å². The van der Waals surface area contributed by atoms with Crippen LogP contribution in [0.25, 0.3) is 0 Å². The molecule has 0 spiro atoms. The zero-order valence-electron chi connectivity index (χ0n) is 8.29. The fraction of sp³-hybridized carbons (Fsp3) is 0.250. The summed E-state index contributed by atoms with van der Waals surface area (Å²) in [5, 5.41) is 0. The van der Waals surface area contributed by atoms with Crippen molar-refractivity contribution in [1.29, 1.82) is 0 Å². The number of hydrogen-bond donors (Lipinski definition) is 0. The number of rotatable bonds is 2. The minimum atomic E-state index is 0.0833. The molecule has 0 N–H and O–H groups in total. The molecular weight excluding hydrogens is 160 g/mol. The normalized spacial score (nSPS) is 10.7. The Bertz CT molecular complexity index is 348. The molecule has 0 aliphatic rings. The largest absolute Gasteiger partial charge is 0.289 e. The van der Waals surface area contributed by atoms with E-state index in [1.165, 1.54) is 5.56 Å². The topological polar surface area (TPSA) is 17.1 Å². The third kappa shape index (κ3) is 2.28. The Labute approximate surface area is 79.1 Å². The molecule has 1 nitrogen and oxygen atoms in total. The molecule has 13 heavy (non-hydrogen) atoms. The molecule has 0 unspecified atom stereocenters. The molecule has 0 heterocycles. The van der Waals surface area contributed by atoms with Crippen molar-refractivity contribution in [2.24, 2.45) is 0 Å². The molecule has 1 aromatic carbocycles. The highest BCUT2D eigenvalue weighted by Gasteiger charge is 2.04. The summed E-state index contributed by atoms with van der Waals surface area (Å²) >= 11 is 0. The van der Waals surface area contributed by atoms with Gasteiger partial charge in [0.2, 0.25) is 0 Å². The monoisotopic (exact) mass is 174 g/mol. The second kappa shape index (κ2) is 4.04. The van der Waals surface area contributed by atoms with E-state index in [1.54, 1.807) is 12.2 Å². The lowest BCUT2D eigenvalue weighted by Gasteiger charge is -2.02. The van der Waals surface area contributed by atoms with Crippen molar-refractivity contribution in [2.75, 3.05) is 0 Å². The molecule has 0 aromatic heterocycles. The van der Waals surface area contributed by atoms with Crippen LogP contribution in [0.1, 0.15) is 28.4 Å². The minimum absolute atomic E-state index is 0.0833. The lowest BCUT2D eigenvalue weighted by molar-refractivity contribution is 0.104.